The van der Waals surface area contributed by atoms with Gasteiger partial charge in [-0.1, -0.05) is 12.8 Å². The number of aromatic nitrogens is 6. The van der Waals surface area contributed by atoms with Gasteiger partial charge in [0.2, 0.25) is 11.3 Å². The van der Waals surface area contributed by atoms with Crippen LogP contribution in [-0.4, -0.2) is 43.2 Å². The molecule has 9 heteroatoms. The molecule has 1 saturated heterocycles. The molecule has 9 nitrogen and oxygen atoms in total. The maximum Gasteiger partial charge on any atom is 0.245 e. The molecule has 1 aliphatic rings. The first kappa shape index (κ1) is 17.7. The molecule has 0 atom stereocenters. The third-order valence-electron chi connectivity index (χ3n) is 5.26. The van der Waals surface area contributed by atoms with Crippen molar-refractivity contribution in [1.82, 2.24) is 30.1 Å². The minimum Gasteiger partial charge on any atom is -0.363 e. The van der Waals surface area contributed by atoms with Crippen molar-refractivity contribution >= 4 is 22.9 Å². The Morgan fingerprint density at radius 3 is 2.37 bits per heavy atom. The van der Waals surface area contributed by atoms with Gasteiger partial charge in [0.15, 0.2) is 11.6 Å². The molecule has 0 spiro atoms. The largest absolute Gasteiger partial charge is 0.363 e. The van der Waals surface area contributed by atoms with E-state index in [0.29, 0.717) is 17.8 Å². The number of hydrogen-bond acceptors (Lipinski definition) is 8. The normalized spacial score (nSPS) is 15.3. The second-order valence-electron chi connectivity index (χ2n) is 7.03. The average Bonchev–Trinajstić information content (AvgIpc) is 3.11. The van der Waals surface area contributed by atoms with Gasteiger partial charge in [0.1, 0.15) is 0 Å². The number of fused-ring (bicyclic) bond motifs is 1. The summed E-state index contributed by atoms with van der Waals surface area (Å²) in [5.74, 6) is 1.56. The van der Waals surface area contributed by atoms with Gasteiger partial charge in [-0.2, -0.15) is 5.10 Å². The number of nitrogens with one attached hydrogen (secondary N) is 1. The van der Waals surface area contributed by atoms with Crippen molar-refractivity contribution in [1.29, 1.82) is 0 Å². The Balaban J connectivity index is 1.65. The topological polar surface area (TPSA) is 97.8 Å². The molecule has 4 rings (SSSR count). The Morgan fingerprint density at radius 1 is 1.00 bits per heavy atom. The van der Waals surface area contributed by atoms with Crippen molar-refractivity contribution in [2.24, 2.45) is 0 Å². The summed E-state index contributed by atoms with van der Waals surface area (Å²) in [4.78, 5) is 11.6. The summed E-state index contributed by atoms with van der Waals surface area (Å²) in [7, 11) is 0. The van der Waals surface area contributed by atoms with Crippen molar-refractivity contribution in [2.45, 2.75) is 59.5 Å². The Kier molecular flexibility index (Phi) is 4.91. The lowest BCUT2D eigenvalue weighted by molar-refractivity contribution is 0.314. The van der Waals surface area contributed by atoms with Crippen LogP contribution in [-0.2, 0) is 13.1 Å². The monoisotopic (exact) mass is 370 g/mol. The van der Waals surface area contributed by atoms with Gasteiger partial charge in [0.05, 0.1) is 5.69 Å². The molecule has 0 unspecified atom stereocenters. The highest BCUT2D eigenvalue weighted by atomic mass is 16.6. The lowest BCUT2D eigenvalue weighted by Crippen LogP contribution is -2.26. The van der Waals surface area contributed by atoms with Crippen molar-refractivity contribution in [2.75, 3.05) is 23.3 Å². The molecule has 144 valence electrons. The molecule has 0 bridgehead atoms. The van der Waals surface area contributed by atoms with E-state index < -0.39 is 0 Å². The highest BCUT2D eigenvalue weighted by Gasteiger charge is 2.20. The van der Waals surface area contributed by atoms with Gasteiger partial charge in [-0.05, 0) is 43.9 Å². The smallest absolute Gasteiger partial charge is 0.245 e. The molecule has 27 heavy (non-hydrogen) atoms. The Morgan fingerprint density at radius 2 is 1.70 bits per heavy atom. The highest BCUT2D eigenvalue weighted by Crippen LogP contribution is 2.27. The fourth-order valence-electron chi connectivity index (χ4n) is 3.72. The van der Waals surface area contributed by atoms with Crippen LogP contribution in [0.4, 0.5) is 11.6 Å². The summed E-state index contributed by atoms with van der Waals surface area (Å²) in [6.07, 6.45) is 4.85. The van der Waals surface area contributed by atoms with E-state index in [0.717, 1.165) is 49.8 Å². The second-order valence-corrected chi connectivity index (χ2v) is 7.03. The van der Waals surface area contributed by atoms with Gasteiger partial charge in [-0.25, -0.2) is 14.6 Å². The van der Waals surface area contributed by atoms with Crippen LogP contribution in [0.15, 0.2) is 4.63 Å². The van der Waals surface area contributed by atoms with Crippen LogP contribution in [0.1, 0.15) is 49.6 Å². The van der Waals surface area contributed by atoms with Crippen LogP contribution in [0.3, 0.4) is 0 Å². The van der Waals surface area contributed by atoms with Gasteiger partial charge in [0.25, 0.3) is 0 Å². The third-order valence-corrected chi connectivity index (χ3v) is 5.26. The molecule has 3 aromatic rings. The van der Waals surface area contributed by atoms with Crippen LogP contribution < -0.4 is 10.2 Å². The van der Waals surface area contributed by atoms with Gasteiger partial charge in [0, 0.05) is 37.4 Å². The molecular weight excluding hydrogens is 344 g/mol. The molecule has 1 N–H and O–H groups in total. The van der Waals surface area contributed by atoms with Gasteiger partial charge >= 0.3 is 0 Å². The van der Waals surface area contributed by atoms with E-state index in [2.05, 4.69) is 44.5 Å². The van der Waals surface area contributed by atoms with Crippen LogP contribution in [0.25, 0.3) is 11.3 Å². The Hall–Kier alpha value is -2.71. The fraction of sp³-hybridized carbons (Fsp3) is 0.611. The molecule has 4 heterocycles. The summed E-state index contributed by atoms with van der Waals surface area (Å²) in [6, 6.07) is 0. The number of rotatable bonds is 5. The van der Waals surface area contributed by atoms with E-state index in [1.54, 1.807) is 0 Å². The third kappa shape index (κ3) is 3.45. The predicted molar refractivity (Wildman–Crippen MR) is 103 cm³/mol. The highest BCUT2D eigenvalue weighted by molar-refractivity contribution is 5.74. The van der Waals surface area contributed by atoms with Crippen LogP contribution in [0, 0.1) is 13.8 Å². The SMILES string of the molecule is CCn1nc(C)c(CNc2nc3nonc3nc2N2CCCCCC2)c1C. The number of hydrogen-bond donors (Lipinski definition) is 1. The molecule has 3 aromatic heterocycles. The lowest BCUT2D eigenvalue weighted by Gasteiger charge is -2.23. The summed E-state index contributed by atoms with van der Waals surface area (Å²) in [5.41, 5.74) is 4.28. The van der Waals surface area contributed by atoms with Crippen LogP contribution in [0.2, 0.25) is 0 Å². The van der Waals surface area contributed by atoms with E-state index in [4.69, 9.17) is 9.61 Å². The Labute approximate surface area is 158 Å². The molecule has 1 fully saturated rings. The van der Waals surface area contributed by atoms with E-state index in [9.17, 15) is 0 Å². The van der Waals surface area contributed by atoms with Gasteiger partial charge in [-0.15, -0.1) is 0 Å². The van der Waals surface area contributed by atoms with Gasteiger partial charge < -0.3 is 10.2 Å². The van der Waals surface area contributed by atoms with Gasteiger partial charge in [-0.3, -0.25) is 4.68 Å². The minimum absolute atomic E-state index is 0.425. The molecule has 0 amide bonds. The van der Waals surface area contributed by atoms with E-state index in [1.165, 1.54) is 24.1 Å². The van der Waals surface area contributed by atoms with E-state index in [1.807, 2.05) is 11.6 Å². The fourth-order valence-corrected chi connectivity index (χ4v) is 3.72. The van der Waals surface area contributed by atoms with Crippen LogP contribution in [0.5, 0.6) is 0 Å². The first-order chi connectivity index (χ1) is 13.2. The van der Waals surface area contributed by atoms with Crippen molar-refractivity contribution in [3.05, 3.63) is 17.0 Å². The summed E-state index contributed by atoms with van der Waals surface area (Å²) in [6.45, 7) is 9.71. The first-order valence-electron chi connectivity index (χ1n) is 9.69. The number of nitrogens with zero attached hydrogens (tertiary/aromatic N) is 7. The average molecular weight is 370 g/mol. The maximum atomic E-state index is 4.82. The molecule has 0 aliphatic carbocycles. The lowest BCUT2D eigenvalue weighted by atomic mass is 10.2. The van der Waals surface area contributed by atoms with Crippen molar-refractivity contribution in [3.8, 4) is 0 Å². The summed E-state index contributed by atoms with van der Waals surface area (Å²) < 4.78 is 6.85. The first-order valence-corrected chi connectivity index (χ1v) is 9.69. The zero-order valence-corrected chi connectivity index (χ0v) is 16.2. The molecule has 0 radical (unpaired) electrons. The van der Waals surface area contributed by atoms with Crippen molar-refractivity contribution < 1.29 is 4.63 Å². The molecular formula is C18H26N8O. The molecule has 0 aromatic carbocycles. The van der Waals surface area contributed by atoms with Crippen molar-refractivity contribution in [3.63, 3.8) is 0 Å². The maximum absolute atomic E-state index is 4.82. The molecule has 1 aliphatic heterocycles. The predicted octanol–water partition coefficient (Wildman–Crippen LogP) is 2.84. The Bertz CT molecular complexity index is 923. The quantitative estimate of drug-likeness (QED) is 0.732. The van der Waals surface area contributed by atoms with E-state index >= 15 is 0 Å². The van der Waals surface area contributed by atoms with Crippen LogP contribution >= 0.6 is 0 Å². The second kappa shape index (κ2) is 7.50. The molecule has 0 saturated carbocycles. The summed E-state index contributed by atoms with van der Waals surface area (Å²) in [5, 5.41) is 15.8. The van der Waals surface area contributed by atoms with E-state index in [-0.39, 0.29) is 0 Å². The zero-order chi connectivity index (χ0) is 18.8. The zero-order valence-electron chi connectivity index (χ0n) is 16.2. The summed E-state index contributed by atoms with van der Waals surface area (Å²) >= 11 is 0. The minimum atomic E-state index is 0.425. The number of anilines is 2. The number of aryl methyl sites for hydroxylation is 2. The standard InChI is InChI=1S/C18H26N8O/c1-4-26-13(3)14(12(2)22-26)11-19-17-18(25-9-7-5-6-8-10-25)21-16-15(20-17)23-27-24-16/h4-11H2,1-3H3,(H,19,20,23).